The highest BCUT2D eigenvalue weighted by Gasteiger charge is 2.24. The quantitative estimate of drug-likeness (QED) is 0.819. The third-order valence-corrected chi connectivity index (χ3v) is 4.53. The number of rotatable bonds is 4. The average molecular weight is 346 g/mol. The van der Waals surface area contributed by atoms with Crippen LogP contribution in [0.5, 0.6) is 0 Å². The Morgan fingerprint density at radius 1 is 1.38 bits per heavy atom. The first kappa shape index (κ1) is 16.9. The van der Waals surface area contributed by atoms with E-state index in [1.54, 1.807) is 12.1 Å². The van der Waals surface area contributed by atoms with Crippen molar-refractivity contribution in [2.24, 2.45) is 0 Å². The van der Waals surface area contributed by atoms with Crippen LogP contribution in [-0.4, -0.2) is 42.7 Å². The van der Waals surface area contributed by atoms with Crippen molar-refractivity contribution in [3.8, 4) is 0 Å². The monoisotopic (exact) mass is 345 g/mol. The minimum Gasteiger partial charge on any atom is -0.380 e. The Labute approximate surface area is 147 Å². The minimum atomic E-state index is -0.279. The van der Waals surface area contributed by atoms with Crippen molar-refractivity contribution in [3.63, 3.8) is 0 Å². The van der Waals surface area contributed by atoms with E-state index in [-0.39, 0.29) is 11.2 Å². The summed E-state index contributed by atoms with van der Waals surface area (Å²) >= 11 is 6.17. The van der Waals surface area contributed by atoms with Crippen LogP contribution in [0, 0.1) is 11.2 Å². The maximum atomic E-state index is 14.3. The second-order valence-electron chi connectivity index (χ2n) is 6.23. The van der Waals surface area contributed by atoms with Crippen molar-refractivity contribution in [1.29, 1.82) is 5.41 Å². The molecule has 0 spiro atoms. The van der Waals surface area contributed by atoms with Crippen molar-refractivity contribution in [2.45, 2.75) is 11.8 Å². The Hall–Kier alpha value is -1.91. The molecular weight excluding hydrogens is 325 g/mol. The number of hydrogen-bond donors (Lipinski definition) is 2. The van der Waals surface area contributed by atoms with E-state index >= 15 is 0 Å². The molecule has 0 bridgehead atoms. The number of likely N-dealkylation sites (tertiary alicyclic amines) is 1. The van der Waals surface area contributed by atoms with Crippen LogP contribution in [0.15, 0.2) is 53.6 Å². The molecule has 1 aromatic carbocycles. The summed E-state index contributed by atoms with van der Waals surface area (Å²) in [6.45, 7) is 1.79. The maximum absolute atomic E-state index is 14.3. The minimum absolute atomic E-state index is 0.00674. The molecule has 0 amide bonds. The van der Waals surface area contributed by atoms with Crippen LogP contribution in [-0.2, 0) is 0 Å². The SMILES string of the molecule is CN1CC(=N)/C(=C(\NCC2=CC(Cl)CC=C2)c2ccccc2F)C1. The molecule has 0 radical (unpaired) electrons. The molecule has 1 unspecified atom stereocenters. The molecule has 2 aliphatic rings. The van der Waals surface area contributed by atoms with Gasteiger partial charge >= 0.3 is 0 Å². The van der Waals surface area contributed by atoms with E-state index in [9.17, 15) is 4.39 Å². The lowest BCUT2D eigenvalue weighted by molar-refractivity contribution is 0.444. The largest absolute Gasteiger partial charge is 0.380 e. The molecule has 0 aromatic heterocycles. The Morgan fingerprint density at radius 3 is 2.83 bits per heavy atom. The van der Waals surface area contributed by atoms with Crippen molar-refractivity contribution in [2.75, 3.05) is 26.7 Å². The fourth-order valence-electron chi connectivity index (χ4n) is 3.06. The van der Waals surface area contributed by atoms with Crippen LogP contribution in [0.4, 0.5) is 4.39 Å². The number of benzene rings is 1. The van der Waals surface area contributed by atoms with E-state index in [1.165, 1.54) is 6.07 Å². The molecule has 2 N–H and O–H groups in total. The number of halogens is 2. The fraction of sp³-hybridized carbons (Fsp3) is 0.316. The van der Waals surface area contributed by atoms with E-state index in [4.69, 9.17) is 17.0 Å². The van der Waals surface area contributed by atoms with Gasteiger partial charge in [0.25, 0.3) is 0 Å². The predicted molar refractivity (Wildman–Crippen MR) is 98.0 cm³/mol. The highest BCUT2D eigenvalue weighted by Crippen LogP contribution is 2.24. The first-order valence-electron chi connectivity index (χ1n) is 8.04. The van der Waals surface area contributed by atoms with Crippen LogP contribution in [0.2, 0.25) is 0 Å². The third kappa shape index (κ3) is 3.77. The summed E-state index contributed by atoms with van der Waals surface area (Å²) in [6.07, 6.45) is 6.95. The maximum Gasteiger partial charge on any atom is 0.132 e. The molecule has 1 aromatic rings. The van der Waals surface area contributed by atoms with E-state index < -0.39 is 0 Å². The zero-order valence-electron chi connectivity index (χ0n) is 13.7. The van der Waals surface area contributed by atoms with Crippen molar-refractivity contribution in [3.05, 3.63) is 65.0 Å². The van der Waals surface area contributed by atoms with Crippen LogP contribution in [0.1, 0.15) is 12.0 Å². The first-order chi connectivity index (χ1) is 11.5. The Balaban J connectivity index is 1.92. The molecule has 126 valence electrons. The van der Waals surface area contributed by atoms with E-state index in [2.05, 4.69) is 16.3 Å². The summed E-state index contributed by atoms with van der Waals surface area (Å²) in [4.78, 5) is 2.05. The van der Waals surface area contributed by atoms with Gasteiger partial charge in [-0.05, 0) is 31.2 Å². The highest BCUT2D eigenvalue weighted by molar-refractivity contribution is 6.22. The van der Waals surface area contributed by atoms with Crippen LogP contribution in [0.3, 0.4) is 0 Å². The van der Waals surface area contributed by atoms with Crippen molar-refractivity contribution >= 4 is 23.0 Å². The number of hydrogen-bond acceptors (Lipinski definition) is 3. The van der Waals surface area contributed by atoms with Crippen LogP contribution >= 0.6 is 11.6 Å². The molecule has 1 aliphatic carbocycles. The molecule has 5 heteroatoms. The van der Waals surface area contributed by atoms with Crippen molar-refractivity contribution < 1.29 is 4.39 Å². The summed E-state index contributed by atoms with van der Waals surface area (Å²) in [5.41, 5.74) is 3.68. The number of likely N-dealkylation sites (N-methyl/N-ethyl adjacent to an activating group) is 1. The van der Waals surface area contributed by atoms with Gasteiger partial charge in [0, 0.05) is 30.8 Å². The van der Waals surface area contributed by atoms with Crippen LogP contribution < -0.4 is 5.32 Å². The molecule has 1 fully saturated rings. The summed E-state index contributed by atoms with van der Waals surface area (Å²) in [6, 6.07) is 6.70. The molecule has 1 saturated heterocycles. The highest BCUT2D eigenvalue weighted by atomic mass is 35.5. The standard InChI is InChI=1S/C19H21ClFN3/c1-24-11-16(18(22)12-24)19(15-7-2-3-8-17(15)21)23-10-13-5-4-6-14(20)9-13/h2-5,7-9,14,22-23H,6,10-12H2,1H3/b19-16-,22-18?. The molecule has 0 saturated carbocycles. The lowest BCUT2D eigenvalue weighted by Crippen LogP contribution is -2.21. The molecule has 3 rings (SSSR count). The molecular formula is C19H21ClFN3. The molecule has 1 heterocycles. The van der Waals surface area contributed by atoms with Gasteiger partial charge in [0.2, 0.25) is 0 Å². The van der Waals surface area contributed by atoms with Crippen molar-refractivity contribution in [1.82, 2.24) is 10.2 Å². The Morgan fingerprint density at radius 2 is 2.17 bits per heavy atom. The summed E-state index contributed by atoms with van der Waals surface area (Å²) in [5, 5.41) is 11.6. The van der Waals surface area contributed by atoms with E-state index in [1.807, 2.05) is 25.3 Å². The second-order valence-corrected chi connectivity index (χ2v) is 6.79. The summed E-state index contributed by atoms with van der Waals surface area (Å²) < 4.78 is 14.3. The van der Waals surface area contributed by atoms with E-state index in [0.717, 1.165) is 17.6 Å². The predicted octanol–water partition coefficient (Wildman–Crippen LogP) is 3.59. The second kappa shape index (κ2) is 7.32. The Kier molecular flexibility index (Phi) is 5.17. The Bertz CT molecular complexity index is 736. The average Bonchev–Trinajstić information content (AvgIpc) is 2.88. The number of nitrogens with zero attached hydrogens (tertiary/aromatic N) is 1. The van der Waals surface area contributed by atoms with E-state index in [0.29, 0.717) is 36.6 Å². The first-order valence-corrected chi connectivity index (χ1v) is 8.48. The number of alkyl halides is 1. The van der Waals surface area contributed by atoms with Gasteiger partial charge in [-0.25, -0.2) is 4.39 Å². The van der Waals surface area contributed by atoms with Gasteiger partial charge in [-0.3, -0.25) is 4.90 Å². The van der Waals surface area contributed by atoms with Gasteiger partial charge < -0.3 is 10.7 Å². The molecule has 3 nitrogen and oxygen atoms in total. The molecule has 1 atom stereocenters. The van der Waals surface area contributed by atoms with Gasteiger partial charge in [-0.15, -0.1) is 11.6 Å². The zero-order chi connectivity index (χ0) is 17.1. The smallest absolute Gasteiger partial charge is 0.132 e. The number of allylic oxidation sites excluding steroid dienone is 2. The molecule has 24 heavy (non-hydrogen) atoms. The molecule has 1 aliphatic heterocycles. The number of nitrogens with one attached hydrogen (secondary N) is 2. The summed E-state index contributed by atoms with van der Waals surface area (Å²) in [5.74, 6) is -0.279. The topological polar surface area (TPSA) is 39.1 Å². The third-order valence-electron chi connectivity index (χ3n) is 4.22. The lowest BCUT2D eigenvalue weighted by Gasteiger charge is -2.18. The van der Waals surface area contributed by atoms with Gasteiger partial charge in [-0.1, -0.05) is 30.4 Å². The van der Waals surface area contributed by atoms with Gasteiger partial charge in [0.05, 0.1) is 16.8 Å². The lowest BCUT2D eigenvalue weighted by atomic mass is 10.0. The zero-order valence-corrected chi connectivity index (χ0v) is 14.4. The van der Waals surface area contributed by atoms with Crippen LogP contribution in [0.25, 0.3) is 5.70 Å². The van der Waals surface area contributed by atoms with Gasteiger partial charge in [0.1, 0.15) is 5.82 Å². The summed E-state index contributed by atoms with van der Waals surface area (Å²) in [7, 11) is 1.96. The van der Waals surface area contributed by atoms with Gasteiger partial charge in [0.15, 0.2) is 0 Å². The normalized spacial score (nSPS) is 23.4. The fourth-order valence-corrected chi connectivity index (χ4v) is 3.32. The van der Waals surface area contributed by atoms with Gasteiger partial charge in [-0.2, -0.15) is 0 Å².